The number of anilines is 1. The molecular formula is C38H43N3O5. The standard InChI is InChI=1S/C19H22N2O.C19H21NO4/c1-2-13-12-21-10-8-14(13)11-18(21)19(22)16-7-9-20-17-6-4-3-5-15(16)17;1-12-8-13(2)10-16(9-12)20-18(21)11-15-4-6-17(7-5-15)24-14(3)19(22)23/h2-7,9,13-14,18-19,22H,1,8,10-12H2;4-10,14H,11H2,1-3H3,(H,20,21)(H,22,23)/t13-,14-,18-,19+;/m0./s1. The van der Waals surface area contributed by atoms with Crippen LogP contribution in [-0.2, 0) is 16.0 Å². The topological polar surface area (TPSA) is 112 Å². The number of pyridine rings is 1. The van der Waals surface area contributed by atoms with Crippen molar-refractivity contribution in [2.24, 2.45) is 11.8 Å². The molecular weight excluding hydrogens is 578 g/mol. The summed E-state index contributed by atoms with van der Waals surface area (Å²) in [7, 11) is 0. The number of nitrogens with zero attached hydrogens (tertiary/aromatic N) is 2. The molecule has 3 aliphatic heterocycles. The third-order valence-electron chi connectivity index (χ3n) is 8.97. The quantitative estimate of drug-likeness (QED) is 0.183. The van der Waals surface area contributed by atoms with Gasteiger partial charge in [-0.15, -0.1) is 6.58 Å². The number of amides is 1. The monoisotopic (exact) mass is 621 g/mol. The van der Waals surface area contributed by atoms with Gasteiger partial charge < -0.3 is 20.3 Å². The highest BCUT2D eigenvalue weighted by molar-refractivity contribution is 5.92. The Morgan fingerprint density at radius 3 is 2.46 bits per heavy atom. The van der Waals surface area contributed by atoms with Crippen LogP contribution in [0.5, 0.6) is 5.75 Å². The summed E-state index contributed by atoms with van der Waals surface area (Å²) in [5.41, 5.74) is 5.77. The lowest BCUT2D eigenvalue weighted by Gasteiger charge is -2.50. The van der Waals surface area contributed by atoms with Crippen molar-refractivity contribution in [3.05, 3.63) is 114 Å². The number of nitrogens with one attached hydrogen (secondary N) is 1. The summed E-state index contributed by atoms with van der Waals surface area (Å²) < 4.78 is 5.26. The lowest BCUT2D eigenvalue weighted by Crippen LogP contribution is -2.54. The molecule has 0 spiro atoms. The molecule has 3 N–H and O–H groups in total. The zero-order chi connectivity index (χ0) is 32.8. The molecule has 0 radical (unpaired) electrons. The van der Waals surface area contributed by atoms with Crippen molar-refractivity contribution in [1.82, 2.24) is 9.88 Å². The number of para-hydroxylation sites is 1. The van der Waals surface area contributed by atoms with Gasteiger partial charge in [-0.25, -0.2) is 4.79 Å². The Hall–Kier alpha value is -4.53. The number of aliphatic hydroxyl groups is 1. The molecule has 3 aliphatic rings. The number of carboxylic acid groups (broad SMARTS) is 1. The molecule has 2 bridgehead atoms. The molecule has 3 fully saturated rings. The van der Waals surface area contributed by atoms with Gasteiger partial charge in [0.1, 0.15) is 5.75 Å². The molecule has 8 nitrogen and oxygen atoms in total. The van der Waals surface area contributed by atoms with E-state index in [1.807, 2.05) is 62.5 Å². The van der Waals surface area contributed by atoms with Crippen LogP contribution in [0, 0.1) is 25.7 Å². The van der Waals surface area contributed by atoms with E-state index in [1.165, 1.54) is 13.3 Å². The highest BCUT2D eigenvalue weighted by atomic mass is 16.5. The second-order valence-corrected chi connectivity index (χ2v) is 12.5. The van der Waals surface area contributed by atoms with E-state index in [9.17, 15) is 14.7 Å². The molecule has 8 heteroatoms. The van der Waals surface area contributed by atoms with Crippen LogP contribution < -0.4 is 10.1 Å². The minimum Gasteiger partial charge on any atom is -0.479 e. The maximum Gasteiger partial charge on any atom is 0.344 e. The first kappa shape index (κ1) is 32.9. The van der Waals surface area contributed by atoms with Crippen LogP contribution in [0.3, 0.4) is 0 Å². The number of carbonyl (C=O) groups excluding carboxylic acids is 1. The van der Waals surface area contributed by atoms with E-state index in [2.05, 4.69) is 33.9 Å². The van der Waals surface area contributed by atoms with Gasteiger partial charge in [0.25, 0.3) is 0 Å². The van der Waals surface area contributed by atoms with E-state index in [0.717, 1.165) is 58.4 Å². The van der Waals surface area contributed by atoms with Crippen molar-refractivity contribution in [1.29, 1.82) is 0 Å². The molecule has 7 rings (SSSR count). The maximum absolute atomic E-state index is 12.1. The molecule has 4 aromatic rings. The van der Waals surface area contributed by atoms with Gasteiger partial charge >= 0.3 is 5.97 Å². The summed E-state index contributed by atoms with van der Waals surface area (Å²) in [6.45, 7) is 11.5. The third-order valence-corrected chi connectivity index (χ3v) is 8.97. The van der Waals surface area contributed by atoms with Crippen LogP contribution in [0.4, 0.5) is 5.69 Å². The molecule has 1 aromatic heterocycles. The van der Waals surface area contributed by atoms with Crippen LogP contribution in [0.2, 0.25) is 0 Å². The number of hydrogen-bond donors (Lipinski definition) is 3. The normalized spacial score (nSPS) is 21.4. The molecule has 240 valence electrons. The van der Waals surface area contributed by atoms with Crippen molar-refractivity contribution in [2.45, 2.75) is 58.3 Å². The van der Waals surface area contributed by atoms with E-state index in [-0.39, 0.29) is 18.4 Å². The maximum atomic E-state index is 12.1. The first-order chi connectivity index (χ1) is 22.1. The first-order valence-corrected chi connectivity index (χ1v) is 15.9. The number of aliphatic carboxylic acids is 1. The molecule has 46 heavy (non-hydrogen) atoms. The Bertz CT molecular complexity index is 1660. The third kappa shape index (κ3) is 8.00. The minimum absolute atomic E-state index is 0.104. The van der Waals surface area contributed by atoms with E-state index in [0.29, 0.717) is 17.6 Å². The second kappa shape index (κ2) is 14.7. The van der Waals surface area contributed by atoms with E-state index >= 15 is 0 Å². The average Bonchev–Trinajstić information content (AvgIpc) is 3.05. The van der Waals surface area contributed by atoms with Crippen LogP contribution in [0.25, 0.3) is 10.9 Å². The Balaban J connectivity index is 0.000000182. The number of aryl methyl sites for hydroxylation is 2. The van der Waals surface area contributed by atoms with Gasteiger partial charge in [0, 0.05) is 29.9 Å². The van der Waals surface area contributed by atoms with Crippen molar-refractivity contribution in [3.63, 3.8) is 0 Å². The van der Waals surface area contributed by atoms with Crippen molar-refractivity contribution in [2.75, 3.05) is 18.4 Å². The smallest absolute Gasteiger partial charge is 0.344 e. The molecule has 0 aliphatic carbocycles. The lowest BCUT2D eigenvalue weighted by atomic mass is 9.73. The van der Waals surface area contributed by atoms with Crippen molar-refractivity contribution in [3.8, 4) is 5.75 Å². The van der Waals surface area contributed by atoms with Gasteiger partial charge in [0.2, 0.25) is 5.91 Å². The van der Waals surface area contributed by atoms with Gasteiger partial charge in [0.05, 0.1) is 18.0 Å². The number of piperidine rings is 3. The van der Waals surface area contributed by atoms with Gasteiger partial charge in [-0.1, -0.05) is 42.5 Å². The average molecular weight is 622 g/mol. The number of aromatic nitrogens is 1. The van der Waals surface area contributed by atoms with E-state index in [4.69, 9.17) is 9.84 Å². The number of ether oxygens (including phenoxy) is 1. The summed E-state index contributed by atoms with van der Waals surface area (Å²) in [6.07, 6.45) is 5.09. The lowest BCUT2D eigenvalue weighted by molar-refractivity contribution is -0.144. The fraction of sp³-hybridized carbons (Fsp3) is 0.342. The number of carboxylic acids is 1. The van der Waals surface area contributed by atoms with Crippen molar-refractivity contribution < 1.29 is 24.5 Å². The number of hydrogen-bond acceptors (Lipinski definition) is 6. The van der Waals surface area contributed by atoms with Crippen LogP contribution >= 0.6 is 0 Å². The predicted octanol–water partition coefficient (Wildman–Crippen LogP) is 6.50. The highest BCUT2D eigenvalue weighted by Crippen LogP contribution is 2.42. The zero-order valence-corrected chi connectivity index (χ0v) is 26.7. The molecule has 3 aromatic carbocycles. The van der Waals surface area contributed by atoms with E-state index < -0.39 is 18.2 Å². The van der Waals surface area contributed by atoms with Crippen LogP contribution in [0.15, 0.2) is 91.6 Å². The fourth-order valence-electron chi connectivity index (χ4n) is 6.67. The Morgan fingerprint density at radius 1 is 1.09 bits per heavy atom. The van der Waals surface area contributed by atoms with Gasteiger partial charge in [-0.2, -0.15) is 0 Å². The molecule has 1 amide bonds. The molecule has 6 atom stereocenters. The predicted molar refractivity (Wildman–Crippen MR) is 181 cm³/mol. The van der Waals surface area contributed by atoms with Crippen LogP contribution in [-0.4, -0.2) is 57.2 Å². The molecule has 0 saturated carbocycles. The Morgan fingerprint density at radius 2 is 1.80 bits per heavy atom. The van der Waals surface area contributed by atoms with Gasteiger partial charge in [-0.05, 0) is 111 Å². The Labute approximate surface area is 270 Å². The second-order valence-electron chi connectivity index (χ2n) is 12.5. The van der Waals surface area contributed by atoms with Crippen LogP contribution in [0.1, 0.15) is 48.1 Å². The molecule has 1 unspecified atom stereocenters. The summed E-state index contributed by atoms with van der Waals surface area (Å²) in [4.78, 5) is 29.8. The Kier molecular flexibility index (Phi) is 10.5. The summed E-state index contributed by atoms with van der Waals surface area (Å²) in [6, 6.07) is 23.0. The summed E-state index contributed by atoms with van der Waals surface area (Å²) in [5, 5.41) is 23.8. The minimum atomic E-state index is -1.02. The summed E-state index contributed by atoms with van der Waals surface area (Å²) >= 11 is 0. The van der Waals surface area contributed by atoms with Gasteiger partial charge in [0.15, 0.2) is 6.10 Å². The van der Waals surface area contributed by atoms with Gasteiger partial charge in [-0.3, -0.25) is 14.7 Å². The SMILES string of the molecule is C=C[C@H]1C[N@]2CC[C@H]1C[C@H]2[C@H](O)c1ccnc2ccccc12.Cc1cc(C)cc(NC(=O)Cc2ccc(OC(C)C(=O)O)cc2)c1. The number of benzene rings is 3. The number of carbonyl (C=O) groups is 2. The fourth-order valence-corrected chi connectivity index (χ4v) is 6.67. The zero-order valence-electron chi connectivity index (χ0n) is 26.7. The largest absolute Gasteiger partial charge is 0.479 e. The first-order valence-electron chi connectivity index (χ1n) is 15.9. The highest BCUT2D eigenvalue weighted by Gasteiger charge is 2.42. The molecule has 4 heterocycles. The number of rotatable bonds is 9. The van der Waals surface area contributed by atoms with Crippen molar-refractivity contribution >= 4 is 28.5 Å². The molecule has 3 saturated heterocycles. The number of fused-ring (bicyclic) bond motifs is 4. The number of aliphatic hydroxyl groups excluding tert-OH is 1. The van der Waals surface area contributed by atoms with E-state index in [1.54, 1.807) is 24.3 Å². The summed E-state index contributed by atoms with van der Waals surface area (Å²) in [5.74, 6) is 0.601.